The molecule has 0 spiro atoms. The van der Waals surface area contributed by atoms with Crippen LogP contribution in [0.1, 0.15) is 17.0 Å². The van der Waals surface area contributed by atoms with E-state index >= 15 is 0 Å². The van der Waals surface area contributed by atoms with E-state index in [9.17, 15) is 4.79 Å². The molecule has 0 radical (unpaired) electrons. The second-order valence-corrected chi connectivity index (χ2v) is 4.88. The van der Waals surface area contributed by atoms with Crippen LogP contribution in [0, 0.1) is 20.8 Å². The van der Waals surface area contributed by atoms with Gasteiger partial charge in [0.2, 0.25) is 0 Å². The molecule has 0 fully saturated rings. The first kappa shape index (κ1) is 11.8. The third-order valence-corrected chi connectivity index (χ3v) is 3.50. The Kier molecular flexibility index (Phi) is 2.38. The lowest BCUT2D eigenvalue weighted by Gasteiger charge is -2.05. The van der Waals surface area contributed by atoms with E-state index in [4.69, 9.17) is 4.52 Å². The summed E-state index contributed by atoms with van der Waals surface area (Å²) >= 11 is 0. The summed E-state index contributed by atoms with van der Waals surface area (Å²) in [4.78, 5) is 14.6. The zero-order chi connectivity index (χ0) is 13.7. The summed E-state index contributed by atoms with van der Waals surface area (Å²) < 4.78 is 6.83. The lowest BCUT2D eigenvalue weighted by atomic mass is 10.0. The number of imidazole rings is 1. The minimum atomic E-state index is -0.103. The lowest BCUT2D eigenvalue weighted by Crippen LogP contribution is -2.12. The van der Waals surface area contributed by atoms with Crippen LogP contribution in [-0.2, 0) is 7.05 Å². The Bertz CT molecular complexity index is 817. The molecule has 5 nitrogen and oxygen atoms in total. The van der Waals surface area contributed by atoms with Gasteiger partial charge in [0.1, 0.15) is 5.76 Å². The Morgan fingerprint density at radius 1 is 1.26 bits per heavy atom. The smallest absolute Gasteiger partial charge is 0.326 e. The van der Waals surface area contributed by atoms with Gasteiger partial charge in [-0.3, -0.25) is 4.57 Å². The average molecular weight is 257 g/mol. The summed E-state index contributed by atoms with van der Waals surface area (Å²) in [7, 11) is 1.77. The van der Waals surface area contributed by atoms with E-state index in [1.807, 2.05) is 26.8 Å². The molecule has 0 atom stereocenters. The molecule has 0 unspecified atom stereocenters. The number of nitrogens with zero attached hydrogens (tertiary/aromatic N) is 2. The number of nitrogens with one attached hydrogen (secondary N) is 1. The van der Waals surface area contributed by atoms with Gasteiger partial charge in [0.15, 0.2) is 0 Å². The van der Waals surface area contributed by atoms with Crippen molar-refractivity contribution in [1.29, 1.82) is 0 Å². The lowest BCUT2D eigenvalue weighted by molar-refractivity contribution is 0.393. The molecule has 1 aromatic carbocycles. The summed E-state index contributed by atoms with van der Waals surface area (Å²) in [5.74, 6) is 0.787. The highest BCUT2D eigenvalue weighted by Gasteiger charge is 2.14. The molecule has 0 amide bonds. The number of rotatable bonds is 1. The van der Waals surface area contributed by atoms with E-state index in [0.717, 1.165) is 39.2 Å². The Balaban J connectivity index is 2.36. The standard InChI is InChI=1S/C14H15N3O2/c1-7-5-10(12-8(2)16-19-9(12)3)6-11-13(7)17(4)14(18)15-11/h5-6H,1-4H3,(H,15,18). The van der Waals surface area contributed by atoms with Crippen LogP contribution in [0.5, 0.6) is 0 Å². The number of hydrogen-bond acceptors (Lipinski definition) is 3. The van der Waals surface area contributed by atoms with Crippen molar-refractivity contribution in [3.8, 4) is 11.1 Å². The molecule has 0 aliphatic heterocycles. The zero-order valence-electron chi connectivity index (χ0n) is 11.4. The van der Waals surface area contributed by atoms with Crippen molar-refractivity contribution in [1.82, 2.24) is 14.7 Å². The van der Waals surface area contributed by atoms with E-state index in [2.05, 4.69) is 16.2 Å². The number of benzene rings is 1. The quantitative estimate of drug-likeness (QED) is 0.728. The van der Waals surface area contributed by atoms with Crippen molar-refractivity contribution in [3.05, 3.63) is 39.6 Å². The molecule has 2 aromatic heterocycles. The van der Waals surface area contributed by atoms with E-state index in [0.29, 0.717) is 0 Å². The predicted molar refractivity (Wildman–Crippen MR) is 73.2 cm³/mol. The van der Waals surface area contributed by atoms with Crippen LogP contribution in [-0.4, -0.2) is 14.7 Å². The fraction of sp³-hybridized carbons (Fsp3) is 0.286. The van der Waals surface area contributed by atoms with Crippen molar-refractivity contribution in [2.75, 3.05) is 0 Å². The Hall–Kier alpha value is -2.30. The maximum absolute atomic E-state index is 11.7. The molecule has 0 bridgehead atoms. The molecule has 98 valence electrons. The molecule has 2 heterocycles. The number of H-pyrrole nitrogens is 1. The van der Waals surface area contributed by atoms with Crippen LogP contribution in [0.3, 0.4) is 0 Å². The molecular formula is C14H15N3O2. The van der Waals surface area contributed by atoms with Gasteiger partial charge in [-0.05, 0) is 44.0 Å². The first-order valence-corrected chi connectivity index (χ1v) is 6.11. The number of hydrogen-bond donors (Lipinski definition) is 1. The van der Waals surface area contributed by atoms with E-state index in [1.165, 1.54) is 0 Å². The van der Waals surface area contributed by atoms with Crippen LogP contribution in [0.2, 0.25) is 0 Å². The number of fused-ring (bicyclic) bond motifs is 1. The minimum absolute atomic E-state index is 0.103. The third-order valence-electron chi connectivity index (χ3n) is 3.50. The summed E-state index contributed by atoms with van der Waals surface area (Å²) in [6.45, 7) is 5.80. The molecular weight excluding hydrogens is 242 g/mol. The first-order valence-electron chi connectivity index (χ1n) is 6.11. The van der Waals surface area contributed by atoms with Gasteiger partial charge in [-0.2, -0.15) is 0 Å². The molecule has 0 aliphatic carbocycles. The number of aryl methyl sites for hydroxylation is 4. The molecule has 0 aliphatic rings. The second kappa shape index (κ2) is 3.85. The number of aromatic nitrogens is 3. The van der Waals surface area contributed by atoms with Gasteiger partial charge >= 0.3 is 5.69 Å². The van der Waals surface area contributed by atoms with Crippen LogP contribution >= 0.6 is 0 Å². The van der Waals surface area contributed by atoms with Crippen LogP contribution < -0.4 is 5.69 Å². The van der Waals surface area contributed by atoms with Crippen molar-refractivity contribution in [2.24, 2.45) is 7.05 Å². The van der Waals surface area contributed by atoms with E-state index in [-0.39, 0.29) is 5.69 Å². The maximum atomic E-state index is 11.7. The number of aromatic amines is 1. The molecule has 0 saturated carbocycles. The summed E-state index contributed by atoms with van der Waals surface area (Å²) in [5.41, 5.74) is 5.58. The second-order valence-electron chi connectivity index (χ2n) is 4.88. The molecule has 3 aromatic rings. The van der Waals surface area contributed by atoms with Crippen LogP contribution in [0.4, 0.5) is 0 Å². The average Bonchev–Trinajstić information content (AvgIpc) is 2.81. The maximum Gasteiger partial charge on any atom is 0.326 e. The molecule has 0 saturated heterocycles. The van der Waals surface area contributed by atoms with Crippen molar-refractivity contribution in [2.45, 2.75) is 20.8 Å². The monoisotopic (exact) mass is 257 g/mol. The van der Waals surface area contributed by atoms with E-state index < -0.39 is 0 Å². The first-order chi connectivity index (χ1) is 8.99. The highest BCUT2D eigenvalue weighted by atomic mass is 16.5. The Morgan fingerprint density at radius 3 is 2.63 bits per heavy atom. The van der Waals surface area contributed by atoms with Gasteiger partial charge in [0.25, 0.3) is 0 Å². The van der Waals surface area contributed by atoms with Gasteiger partial charge in [-0.15, -0.1) is 0 Å². The fourth-order valence-electron chi connectivity index (χ4n) is 2.66. The van der Waals surface area contributed by atoms with Crippen molar-refractivity contribution in [3.63, 3.8) is 0 Å². The predicted octanol–water partition coefficient (Wildman–Crippen LogP) is 2.45. The molecule has 5 heteroatoms. The molecule has 1 N–H and O–H groups in total. The van der Waals surface area contributed by atoms with Gasteiger partial charge < -0.3 is 9.51 Å². The van der Waals surface area contributed by atoms with Gasteiger partial charge in [0.05, 0.1) is 16.7 Å². The third kappa shape index (κ3) is 1.62. The summed E-state index contributed by atoms with van der Waals surface area (Å²) in [6.07, 6.45) is 0. The van der Waals surface area contributed by atoms with Crippen LogP contribution in [0.15, 0.2) is 21.5 Å². The summed E-state index contributed by atoms with van der Waals surface area (Å²) in [6, 6.07) is 4.03. The van der Waals surface area contributed by atoms with Gasteiger partial charge in [0, 0.05) is 12.6 Å². The molecule has 3 rings (SSSR count). The topological polar surface area (TPSA) is 63.8 Å². The van der Waals surface area contributed by atoms with Crippen LogP contribution in [0.25, 0.3) is 22.2 Å². The summed E-state index contributed by atoms with van der Waals surface area (Å²) in [5, 5.41) is 3.97. The fourth-order valence-corrected chi connectivity index (χ4v) is 2.66. The van der Waals surface area contributed by atoms with Crippen molar-refractivity contribution >= 4 is 11.0 Å². The van der Waals surface area contributed by atoms with E-state index in [1.54, 1.807) is 11.6 Å². The molecule has 19 heavy (non-hydrogen) atoms. The largest absolute Gasteiger partial charge is 0.361 e. The highest BCUT2D eigenvalue weighted by molar-refractivity contribution is 5.85. The van der Waals surface area contributed by atoms with Gasteiger partial charge in [-0.1, -0.05) is 5.16 Å². The Labute approximate surface area is 109 Å². The highest BCUT2D eigenvalue weighted by Crippen LogP contribution is 2.30. The SMILES string of the molecule is Cc1noc(C)c1-c1cc(C)c2c(c1)[nH]c(=O)n2C. The minimum Gasteiger partial charge on any atom is -0.361 e. The van der Waals surface area contributed by atoms with Gasteiger partial charge in [-0.25, -0.2) is 4.79 Å². The van der Waals surface area contributed by atoms with Crippen molar-refractivity contribution < 1.29 is 4.52 Å². The Morgan fingerprint density at radius 2 is 2.00 bits per heavy atom. The zero-order valence-corrected chi connectivity index (χ0v) is 11.4. The normalized spacial score (nSPS) is 11.4.